The van der Waals surface area contributed by atoms with Gasteiger partial charge in [-0.05, 0) is 12.1 Å². The van der Waals surface area contributed by atoms with Crippen LogP contribution < -0.4 is 16.0 Å². The van der Waals surface area contributed by atoms with Crippen LogP contribution in [-0.2, 0) is 9.53 Å². The molecule has 3 N–H and O–H groups in total. The van der Waals surface area contributed by atoms with E-state index >= 15 is 0 Å². The summed E-state index contributed by atoms with van der Waals surface area (Å²) in [7, 11) is 0. The zero-order valence-corrected chi connectivity index (χ0v) is 13.0. The number of morpholine rings is 1. The van der Waals surface area contributed by atoms with E-state index in [1.165, 1.54) is 0 Å². The zero-order valence-electron chi connectivity index (χ0n) is 12.2. The highest BCUT2D eigenvalue weighted by molar-refractivity contribution is 6.33. The number of hydrogen-bond donors (Lipinski definition) is 3. The summed E-state index contributed by atoms with van der Waals surface area (Å²) in [4.78, 5) is 23.6. The van der Waals surface area contributed by atoms with Gasteiger partial charge in [0.05, 0.1) is 23.8 Å². The molecule has 0 saturated carbocycles. The summed E-state index contributed by atoms with van der Waals surface area (Å²) in [5, 5.41) is 9.12. The molecular formula is C15H20ClN3O3. The Hall–Kier alpha value is -1.63. The lowest BCUT2D eigenvalue weighted by Gasteiger charge is -2.23. The summed E-state index contributed by atoms with van der Waals surface area (Å²) in [6, 6.07) is 6.90. The fraction of sp³-hybridized carbons (Fsp3) is 0.467. The molecule has 120 valence electrons. The molecule has 0 aliphatic carbocycles. The Morgan fingerprint density at radius 2 is 2.05 bits per heavy atom. The number of nitrogens with one attached hydrogen (secondary N) is 3. The molecule has 1 heterocycles. The lowest BCUT2D eigenvalue weighted by atomic mass is 10.2. The van der Waals surface area contributed by atoms with Gasteiger partial charge in [0.15, 0.2) is 0 Å². The largest absolute Gasteiger partial charge is 0.378 e. The summed E-state index contributed by atoms with van der Waals surface area (Å²) < 4.78 is 5.29. The Labute approximate surface area is 134 Å². The van der Waals surface area contributed by atoms with Crippen molar-refractivity contribution in [2.24, 2.45) is 0 Å². The Kier molecular flexibility index (Phi) is 6.64. The lowest BCUT2D eigenvalue weighted by Crippen LogP contribution is -2.45. The van der Waals surface area contributed by atoms with Gasteiger partial charge in [0, 0.05) is 32.1 Å². The Morgan fingerprint density at radius 1 is 1.27 bits per heavy atom. The van der Waals surface area contributed by atoms with E-state index in [0.717, 1.165) is 6.54 Å². The molecule has 0 bridgehead atoms. The highest BCUT2D eigenvalue weighted by atomic mass is 35.5. The molecule has 0 radical (unpaired) electrons. The maximum Gasteiger partial charge on any atom is 0.252 e. The molecule has 6 nitrogen and oxygen atoms in total. The van der Waals surface area contributed by atoms with Crippen molar-refractivity contribution in [3.8, 4) is 0 Å². The number of hydrogen-bond acceptors (Lipinski definition) is 4. The molecule has 0 spiro atoms. The molecule has 1 aromatic rings. The van der Waals surface area contributed by atoms with Crippen molar-refractivity contribution < 1.29 is 14.3 Å². The number of carbonyl (C=O) groups excluding carboxylic acids is 2. The van der Waals surface area contributed by atoms with E-state index in [0.29, 0.717) is 43.3 Å². The van der Waals surface area contributed by atoms with Crippen molar-refractivity contribution in [1.82, 2.24) is 16.0 Å². The third-order valence-electron chi connectivity index (χ3n) is 3.28. The molecule has 7 heteroatoms. The fourth-order valence-electron chi connectivity index (χ4n) is 2.17. The van der Waals surface area contributed by atoms with Gasteiger partial charge in [-0.25, -0.2) is 0 Å². The van der Waals surface area contributed by atoms with Gasteiger partial charge < -0.3 is 20.7 Å². The molecule has 0 aromatic heterocycles. The van der Waals surface area contributed by atoms with Crippen molar-refractivity contribution >= 4 is 23.4 Å². The zero-order chi connectivity index (χ0) is 15.8. The van der Waals surface area contributed by atoms with E-state index in [1.807, 2.05) is 0 Å². The van der Waals surface area contributed by atoms with Crippen LogP contribution in [0.25, 0.3) is 0 Å². The maximum atomic E-state index is 11.9. The van der Waals surface area contributed by atoms with Crippen molar-refractivity contribution in [3.05, 3.63) is 34.9 Å². The summed E-state index contributed by atoms with van der Waals surface area (Å²) >= 11 is 5.94. The van der Waals surface area contributed by atoms with Crippen LogP contribution in [0.1, 0.15) is 16.8 Å². The molecule has 1 atom stereocenters. The molecule has 1 unspecified atom stereocenters. The number of carbonyl (C=O) groups is 2. The molecule has 2 rings (SSSR count). The van der Waals surface area contributed by atoms with Crippen LogP contribution >= 0.6 is 11.6 Å². The van der Waals surface area contributed by atoms with Gasteiger partial charge in [0.2, 0.25) is 5.91 Å². The second-order valence-corrected chi connectivity index (χ2v) is 5.42. The van der Waals surface area contributed by atoms with Crippen LogP contribution in [0.2, 0.25) is 5.02 Å². The predicted molar refractivity (Wildman–Crippen MR) is 84.0 cm³/mol. The van der Waals surface area contributed by atoms with Crippen LogP contribution in [-0.4, -0.2) is 50.7 Å². The van der Waals surface area contributed by atoms with Crippen LogP contribution in [0.15, 0.2) is 24.3 Å². The topological polar surface area (TPSA) is 79.5 Å². The lowest BCUT2D eigenvalue weighted by molar-refractivity contribution is -0.122. The number of benzene rings is 1. The maximum absolute atomic E-state index is 11.9. The van der Waals surface area contributed by atoms with E-state index in [1.54, 1.807) is 24.3 Å². The Balaban J connectivity index is 1.63. The number of rotatable bonds is 6. The third kappa shape index (κ3) is 5.29. The van der Waals surface area contributed by atoms with Crippen LogP contribution in [0.4, 0.5) is 0 Å². The summed E-state index contributed by atoms with van der Waals surface area (Å²) in [6.45, 7) is 2.74. The number of amides is 2. The molecule has 1 aromatic carbocycles. The predicted octanol–water partition coefficient (Wildman–Crippen LogP) is 0.565. The van der Waals surface area contributed by atoms with Gasteiger partial charge >= 0.3 is 0 Å². The van der Waals surface area contributed by atoms with Crippen LogP contribution in [0, 0.1) is 0 Å². The molecule has 1 saturated heterocycles. The van der Waals surface area contributed by atoms with Gasteiger partial charge in [-0.1, -0.05) is 23.7 Å². The first-order valence-corrected chi connectivity index (χ1v) is 7.65. The first-order valence-electron chi connectivity index (χ1n) is 7.27. The third-order valence-corrected chi connectivity index (χ3v) is 3.61. The molecule has 1 aliphatic heterocycles. The van der Waals surface area contributed by atoms with Gasteiger partial charge in [-0.2, -0.15) is 0 Å². The van der Waals surface area contributed by atoms with Gasteiger partial charge in [-0.15, -0.1) is 0 Å². The Bertz CT molecular complexity index is 519. The minimum atomic E-state index is -0.248. The van der Waals surface area contributed by atoms with E-state index in [-0.39, 0.29) is 17.9 Å². The van der Waals surface area contributed by atoms with E-state index in [9.17, 15) is 9.59 Å². The highest BCUT2D eigenvalue weighted by Gasteiger charge is 2.16. The van der Waals surface area contributed by atoms with Crippen LogP contribution in [0.5, 0.6) is 0 Å². The second kappa shape index (κ2) is 8.73. The molecule has 1 fully saturated rings. The molecule has 22 heavy (non-hydrogen) atoms. The first kappa shape index (κ1) is 16.7. The van der Waals surface area contributed by atoms with Gasteiger partial charge in [0.25, 0.3) is 5.91 Å². The van der Waals surface area contributed by atoms with Crippen molar-refractivity contribution in [2.75, 3.05) is 32.8 Å². The van der Waals surface area contributed by atoms with E-state index in [4.69, 9.17) is 16.3 Å². The average molecular weight is 326 g/mol. The SMILES string of the molecule is O=C(CC1COCCN1)NCCNC(=O)c1ccccc1Cl. The summed E-state index contributed by atoms with van der Waals surface area (Å²) in [6.07, 6.45) is 0.373. The normalized spacial score (nSPS) is 17.8. The van der Waals surface area contributed by atoms with Crippen LogP contribution in [0.3, 0.4) is 0 Å². The van der Waals surface area contributed by atoms with E-state index in [2.05, 4.69) is 16.0 Å². The highest BCUT2D eigenvalue weighted by Crippen LogP contribution is 2.14. The van der Waals surface area contributed by atoms with Crippen molar-refractivity contribution in [2.45, 2.75) is 12.5 Å². The van der Waals surface area contributed by atoms with E-state index < -0.39 is 0 Å². The van der Waals surface area contributed by atoms with Crippen molar-refractivity contribution in [3.63, 3.8) is 0 Å². The Morgan fingerprint density at radius 3 is 2.77 bits per heavy atom. The fourth-order valence-corrected chi connectivity index (χ4v) is 2.39. The van der Waals surface area contributed by atoms with Crippen molar-refractivity contribution in [1.29, 1.82) is 0 Å². The number of ether oxygens (including phenoxy) is 1. The molecular weight excluding hydrogens is 306 g/mol. The molecule has 2 amide bonds. The summed E-state index contributed by atoms with van der Waals surface area (Å²) in [5.41, 5.74) is 0.430. The standard InChI is InChI=1S/C15H20ClN3O3/c16-13-4-2-1-3-12(13)15(21)19-6-5-18-14(20)9-11-10-22-8-7-17-11/h1-4,11,17H,5-10H2,(H,18,20)(H,19,21). The van der Waals surface area contributed by atoms with Gasteiger partial charge in [-0.3, -0.25) is 9.59 Å². The smallest absolute Gasteiger partial charge is 0.252 e. The minimum absolute atomic E-state index is 0.0602. The second-order valence-electron chi connectivity index (χ2n) is 5.02. The quantitative estimate of drug-likeness (QED) is 0.668. The molecule has 1 aliphatic rings. The monoisotopic (exact) mass is 325 g/mol. The summed E-state index contributed by atoms with van der Waals surface area (Å²) in [5.74, 6) is -0.308. The van der Waals surface area contributed by atoms with Gasteiger partial charge in [0.1, 0.15) is 0 Å². The first-order chi connectivity index (χ1) is 10.7. The average Bonchev–Trinajstić information content (AvgIpc) is 2.53. The minimum Gasteiger partial charge on any atom is -0.378 e. The number of halogens is 1.